The zero-order valence-electron chi connectivity index (χ0n) is 18.4. The number of anilines is 1. The van der Waals surface area contributed by atoms with Crippen LogP contribution in [0, 0.1) is 0 Å². The van der Waals surface area contributed by atoms with Gasteiger partial charge < -0.3 is 9.64 Å². The third kappa shape index (κ3) is 5.43. The normalized spacial score (nSPS) is 15.0. The predicted octanol–water partition coefficient (Wildman–Crippen LogP) is 3.80. The van der Waals surface area contributed by atoms with Crippen molar-refractivity contribution >= 4 is 15.8 Å². The van der Waals surface area contributed by atoms with E-state index in [9.17, 15) is 8.42 Å². The zero-order chi connectivity index (χ0) is 22.6. The highest BCUT2D eigenvalue weighted by molar-refractivity contribution is 7.90. The smallest absolute Gasteiger partial charge is 0.225 e. The topological polar surface area (TPSA) is 85.3 Å². The molecule has 7 nitrogen and oxygen atoms in total. The first-order chi connectivity index (χ1) is 15.4. The van der Waals surface area contributed by atoms with Crippen LogP contribution in [0.4, 0.5) is 5.95 Å². The second-order valence-corrected chi connectivity index (χ2v) is 10.1. The fraction of sp³-hybridized carbons (Fsp3) is 0.375. The van der Waals surface area contributed by atoms with Crippen molar-refractivity contribution in [1.29, 1.82) is 0 Å². The lowest BCUT2D eigenvalue weighted by Gasteiger charge is -2.32. The van der Waals surface area contributed by atoms with E-state index in [1.54, 1.807) is 24.3 Å². The van der Waals surface area contributed by atoms with E-state index in [4.69, 9.17) is 4.74 Å². The molecule has 1 aliphatic heterocycles. The largest absolute Gasteiger partial charge is 0.487 e. The van der Waals surface area contributed by atoms with E-state index in [1.165, 1.54) is 11.8 Å². The number of piperidine rings is 1. The van der Waals surface area contributed by atoms with Gasteiger partial charge in [-0.25, -0.2) is 18.4 Å². The number of benzene rings is 1. The summed E-state index contributed by atoms with van der Waals surface area (Å²) in [5.41, 5.74) is 3.24. The van der Waals surface area contributed by atoms with E-state index in [2.05, 4.69) is 32.8 Å². The van der Waals surface area contributed by atoms with Crippen LogP contribution in [0.25, 0.3) is 0 Å². The quantitative estimate of drug-likeness (QED) is 0.539. The van der Waals surface area contributed by atoms with Gasteiger partial charge in [0.1, 0.15) is 12.4 Å². The first kappa shape index (κ1) is 22.2. The number of aromatic nitrogens is 3. The SMILES string of the molecule is CCc1cnc(N2CCC(c3ccc(COc4ccc(S(C)(=O)=O)cc4)nc3)CC2)nc1. The van der Waals surface area contributed by atoms with Crippen molar-refractivity contribution in [2.24, 2.45) is 0 Å². The fourth-order valence-corrected chi connectivity index (χ4v) is 4.44. The molecule has 2 aromatic heterocycles. The highest BCUT2D eigenvalue weighted by atomic mass is 32.2. The van der Waals surface area contributed by atoms with Crippen LogP contribution in [-0.2, 0) is 22.9 Å². The Hall–Kier alpha value is -3.00. The summed E-state index contributed by atoms with van der Waals surface area (Å²) in [5, 5.41) is 0. The number of pyridine rings is 1. The summed E-state index contributed by atoms with van der Waals surface area (Å²) >= 11 is 0. The summed E-state index contributed by atoms with van der Waals surface area (Å²) < 4.78 is 28.8. The molecule has 0 atom stereocenters. The number of hydrogen-bond donors (Lipinski definition) is 0. The van der Waals surface area contributed by atoms with Gasteiger partial charge in [0.05, 0.1) is 10.6 Å². The highest BCUT2D eigenvalue weighted by Gasteiger charge is 2.22. The van der Waals surface area contributed by atoms with Crippen LogP contribution >= 0.6 is 0 Å². The number of hydrogen-bond acceptors (Lipinski definition) is 7. The summed E-state index contributed by atoms with van der Waals surface area (Å²) in [6.45, 7) is 4.31. The second kappa shape index (κ2) is 9.65. The first-order valence-electron chi connectivity index (χ1n) is 10.9. The van der Waals surface area contributed by atoms with Crippen LogP contribution in [0.3, 0.4) is 0 Å². The van der Waals surface area contributed by atoms with E-state index < -0.39 is 9.84 Å². The molecular formula is C24H28N4O3S. The minimum atomic E-state index is -3.20. The first-order valence-corrected chi connectivity index (χ1v) is 12.7. The van der Waals surface area contributed by atoms with Gasteiger partial charge in [-0.05, 0) is 66.6 Å². The van der Waals surface area contributed by atoms with E-state index in [0.29, 0.717) is 18.3 Å². The Morgan fingerprint density at radius 2 is 1.66 bits per heavy atom. The number of aryl methyl sites for hydroxylation is 1. The molecular weight excluding hydrogens is 424 g/mol. The maximum atomic E-state index is 11.5. The highest BCUT2D eigenvalue weighted by Crippen LogP contribution is 2.29. The number of ether oxygens (including phenoxy) is 1. The van der Waals surface area contributed by atoms with Crippen LogP contribution in [-0.4, -0.2) is 42.7 Å². The van der Waals surface area contributed by atoms with Gasteiger partial charge in [-0.15, -0.1) is 0 Å². The summed E-state index contributed by atoms with van der Waals surface area (Å²) in [6.07, 6.45) is 10.0. The second-order valence-electron chi connectivity index (χ2n) is 8.12. The minimum Gasteiger partial charge on any atom is -0.487 e. The molecule has 1 aromatic carbocycles. The van der Waals surface area contributed by atoms with Gasteiger partial charge in [0.2, 0.25) is 5.95 Å². The molecule has 1 saturated heterocycles. The third-order valence-corrected chi connectivity index (χ3v) is 6.96. The predicted molar refractivity (Wildman–Crippen MR) is 124 cm³/mol. The molecule has 1 fully saturated rings. The Balaban J connectivity index is 1.29. The monoisotopic (exact) mass is 452 g/mol. The Labute approximate surface area is 189 Å². The van der Waals surface area contributed by atoms with Gasteiger partial charge in [-0.3, -0.25) is 4.98 Å². The lowest BCUT2D eigenvalue weighted by atomic mass is 9.90. The molecule has 0 bridgehead atoms. The van der Waals surface area contributed by atoms with Crippen LogP contribution in [0.2, 0.25) is 0 Å². The van der Waals surface area contributed by atoms with E-state index in [0.717, 1.165) is 49.6 Å². The Kier molecular flexibility index (Phi) is 6.69. The summed E-state index contributed by atoms with van der Waals surface area (Å²) in [7, 11) is -3.20. The molecule has 0 radical (unpaired) electrons. The van der Waals surface area contributed by atoms with E-state index >= 15 is 0 Å². The summed E-state index contributed by atoms with van der Waals surface area (Å²) in [5.74, 6) is 1.91. The molecule has 0 N–H and O–H groups in total. The molecule has 0 aliphatic carbocycles. The van der Waals surface area contributed by atoms with Gasteiger partial charge in [0.15, 0.2) is 9.84 Å². The standard InChI is InChI=1S/C24H28N4O3S/c1-3-18-14-26-24(27-15-18)28-12-10-19(11-13-28)20-4-5-21(25-16-20)17-31-22-6-8-23(9-7-22)32(2,29)30/h4-9,14-16,19H,3,10-13,17H2,1-2H3. The van der Waals surface area contributed by atoms with Gasteiger partial charge in [0.25, 0.3) is 0 Å². The van der Waals surface area contributed by atoms with Gasteiger partial charge in [0, 0.05) is 37.9 Å². The van der Waals surface area contributed by atoms with Crippen LogP contribution in [0.15, 0.2) is 59.9 Å². The third-order valence-electron chi connectivity index (χ3n) is 5.84. The van der Waals surface area contributed by atoms with Crippen molar-refractivity contribution in [2.45, 2.75) is 43.6 Å². The van der Waals surface area contributed by atoms with E-state index in [1.807, 2.05) is 24.7 Å². The van der Waals surface area contributed by atoms with Crippen LogP contribution < -0.4 is 9.64 Å². The van der Waals surface area contributed by atoms with Crippen LogP contribution in [0.1, 0.15) is 42.5 Å². The van der Waals surface area contributed by atoms with Gasteiger partial charge in [-0.1, -0.05) is 13.0 Å². The van der Waals surface area contributed by atoms with Crippen molar-refractivity contribution in [3.63, 3.8) is 0 Å². The fourth-order valence-electron chi connectivity index (χ4n) is 3.81. The van der Waals surface area contributed by atoms with Crippen molar-refractivity contribution in [1.82, 2.24) is 15.0 Å². The molecule has 3 heterocycles. The maximum Gasteiger partial charge on any atom is 0.225 e. The lowest BCUT2D eigenvalue weighted by Crippen LogP contribution is -2.34. The Morgan fingerprint density at radius 3 is 2.22 bits per heavy atom. The molecule has 0 spiro atoms. The minimum absolute atomic E-state index is 0.280. The van der Waals surface area contributed by atoms with E-state index in [-0.39, 0.29) is 4.90 Å². The van der Waals surface area contributed by atoms with Crippen LogP contribution in [0.5, 0.6) is 5.75 Å². The number of rotatable bonds is 7. The maximum absolute atomic E-state index is 11.5. The molecule has 0 amide bonds. The van der Waals surface area contributed by atoms with Gasteiger partial charge >= 0.3 is 0 Å². The zero-order valence-corrected chi connectivity index (χ0v) is 19.3. The molecule has 3 aromatic rings. The average Bonchev–Trinajstić information content (AvgIpc) is 2.83. The molecule has 8 heteroatoms. The Bertz CT molecular complexity index is 1120. The molecule has 1 aliphatic rings. The van der Waals surface area contributed by atoms with Crippen molar-refractivity contribution in [2.75, 3.05) is 24.2 Å². The molecule has 4 rings (SSSR count). The molecule has 0 saturated carbocycles. The van der Waals surface area contributed by atoms with Crippen molar-refractivity contribution < 1.29 is 13.2 Å². The van der Waals surface area contributed by atoms with Crippen molar-refractivity contribution in [3.8, 4) is 5.75 Å². The number of sulfone groups is 1. The lowest BCUT2D eigenvalue weighted by molar-refractivity contribution is 0.301. The average molecular weight is 453 g/mol. The summed E-state index contributed by atoms with van der Waals surface area (Å²) in [6, 6.07) is 10.6. The molecule has 32 heavy (non-hydrogen) atoms. The van der Waals surface area contributed by atoms with Crippen molar-refractivity contribution in [3.05, 3.63) is 71.8 Å². The van der Waals surface area contributed by atoms with Gasteiger partial charge in [-0.2, -0.15) is 0 Å². The summed E-state index contributed by atoms with van der Waals surface area (Å²) in [4.78, 5) is 16.1. The molecule has 0 unspecified atom stereocenters. The molecule has 168 valence electrons. The number of nitrogens with zero attached hydrogens (tertiary/aromatic N) is 4. The Morgan fingerprint density at radius 1 is 0.969 bits per heavy atom.